The minimum Gasteiger partial charge on any atom is -0.389 e. The fourth-order valence-corrected chi connectivity index (χ4v) is 1.22. The van der Waals surface area contributed by atoms with Gasteiger partial charge in [-0.3, -0.25) is 0 Å². The summed E-state index contributed by atoms with van der Waals surface area (Å²) in [5, 5.41) is 29.0. The van der Waals surface area contributed by atoms with Crippen molar-refractivity contribution in [1.29, 1.82) is 0 Å². The van der Waals surface area contributed by atoms with Gasteiger partial charge in [0.05, 0.1) is 38.5 Å². The van der Waals surface area contributed by atoms with Crippen molar-refractivity contribution in [3.05, 3.63) is 0 Å². The summed E-state index contributed by atoms with van der Waals surface area (Å²) in [6, 6.07) is 0. The highest BCUT2D eigenvalue weighted by molar-refractivity contribution is 4.62. The zero-order valence-corrected chi connectivity index (χ0v) is 10.0. The molecule has 0 amide bonds. The molecule has 0 fully saturated rings. The Morgan fingerprint density at radius 3 is 2.19 bits per heavy atom. The summed E-state index contributed by atoms with van der Waals surface area (Å²) in [5.74, 6) is 0. The van der Waals surface area contributed by atoms with E-state index in [2.05, 4.69) is 0 Å². The number of nitrogens with zero attached hydrogens (tertiary/aromatic N) is 1. The molecule has 16 heavy (non-hydrogen) atoms. The summed E-state index contributed by atoms with van der Waals surface area (Å²) in [7, 11) is 1.47. The van der Waals surface area contributed by atoms with E-state index >= 15 is 0 Å². The van der Waals surface area contributed by atoms with E-state index in [1.54, 1.807) is 0 Å². The van der Waals surface area contributed by atoms with Gasteiger partial charge < -0.3 is 24.9 Å². The molecule has 0 saturated heterocycles. The van der Waals surface area contributed by atoms with Crippen molar-refractivity contribution in [1.82, 2.24) is 5.06 Å². The van der Waals surface area contributed by atoms with E-state index in [0.717, 1.165) is 11.5 Å². The highest BCUT2D eigenvalue weighted by Gasteiger charge is 2.13. The molecule has 2 unspecified atom stereocenters. The van der Waals surface area contributed by atoms with Crippen LogP contribution in [-0.4, -0.2) is 72.7 Å². The van der Waals surface area contributed by atoms with Crippen LogP contribution in [0.4, 0.5) is 0 Å². The SMILES string of the molecule is CCCOCC(O)CN(O)CC(O)COC. The second-order valence-electron chi connectivity index (χ2n) is 3.71. The monoisotopic (exact) mass is 237 g/mol. The Kier molecular flexibility index (Phi) is 9.80. The van der Waals surface area contributed by atoms with Crippen molar-refractivity contribution in [2.24, 2.45) is 0 Å². The summed E-state index contributed by atoms with van der Waals surface area (Å²) in [4.78, 5) is 0. The summed E-state index contributed by atoms with van der Waals surface area (Å²) in [6.45, 7) is 2.99. The van der Waals surface area contributed by atoms with E-state index in [0.29, 0.717) is 6.61 Å². The minimum absolute atomic E-state index is 0.0404. The summed E-state index contributed by atoms with van der Waals surface area (Å²) < 4.78 is 9.84. The van der Waals surface area contributed by atoms with E-state index in [1.807, 2.05) is 6.92 Å². The zero-order chi connectivity index (χ0) is 12.4. The molecule has 0 aromatic carbocycles. The van der Waals surface area contributed by atoms with E-state index in [1.165, 1.54) is 7.11 Å². The van der Waals surface area contributed by atoms with Gasteiger partial charge >= 0.3 is 0 Å². The summed E-state index contributed by atoms with van der Waals surface area (Å²) in [5.41, 5.74) is 0. The molecule has 0 rings (SSSR count). The number of rotatable bonds is 10. The Bertz CT molecular complexity index is 158. The Morgan fingerprint density at radius 2 is 1.69 bits per heavy atom. The first-order chi connectivity index (χ1) is 7.60. The molecule has 0 bridgehead atoms. The van der Waals surface area contributed by atoms with Crippen LogP contribution in [0.5, 0.6) is 0 Å². The molecule has 6 nitrogen and oxygen atoms in total. The summed E-state index contributed by atoms with van der Waals surface area (Å²) in [6.07, 6.45) is -0.632. The number of methoxy groups -OCH3 is 1. The van der Waals surface area contributed by atoms with Crippen LogP contribution in [0.1, 0.15) is 13.3 Å². The molecule has 0 aromatic heterocycles. The van der Waals surface area contributed by atoms with Crippen LogP contribution in [0.25, 0.3) is 0 Å². The van der Waals surface area contributed by atoms with E-state index in [9.17, 15) is 15.4 Å². The number of hydrogen-bond acceptors (Lipinski definition) is 6. The van der Waals surface area contributed by atoms with Gasteiger partial charge in [0.2, 0.25) is 0 Å². The predicted octanol–water partition coefficient (Wildman–Crippen LogP) is -0.528. The van der Waals surface area contributed by atoms with Gasteiger partial charge in [-0.1, -0.05) is 6.92 Å². The van der Waals surface area contributed by atoms with E-state index in [-0.39, 0.29) is 26.3 Å². The van der Waals surface area contributed by atoms with Gasteiger partial charge in [0.15, 0.2) is 0 Å². The molecule has 3 N–H and O–H groups in total. The van der Waals surface area contributed by atoms with E-state index in [4.69, 9.17) is 9.47 Å². The zero-order valence-electron chi connectivity index (χ0n) is 10.0. The van der Waals surface area contributed by atoms with Gasteiger partial charge in [0.1, 0.15) is 0 Å². The predicted molar refractivity (Wildman–Crippen MR) is 58.4 cm³/mol. The molecular formula is C10H23NO5. The second kappa shape index (κ2) is 9.95. The molecule has 2 atom stereocenters. The number of ether oxygens (including phenoxy) is 2. The molecule has 0 heterocycles. The standard InChI is InChI=1S/C10H23NO5/c1-3-4-16-8-10(13)6-11(14)5-9(12)7-15-2/h9-10,12-14H,3-8H2,1-2H3. The fourth-order valence-electron chi connectivity index (χ4n) is 1.22. The van der Waals surface area contributed by atoms with Crippen LogP contribution < -0.4 is 0 Å². The third kappa shape index (κ3) is 9.02. The molecule has 0 saturated carbocycles. The maximum absolute atomic E-state index is 9.45. The molecule has 0 aliphatic carbocycles. The lowest BCUT2D eigenvalue weighted by atomic mass is 10.3. The van der Waals surface area contributed by atoms with Crippen molar-refractivity contribution < 1.29 is 24.9 Å². The first-order valence-electron chi connectivity index (χ1n) is 5.46. The minimum atomic E-state index is -0.765. The van der Waals surface area contributed by atoms with Crippen LogP contribution in [0.15, 0.2) is 0 Å². The number of hydroxylamine groups is 2. The van der Waals surface area contributed by atoms with Gasteiger partial charge in [-0.2, -0.15) is 5.06 Å². The van der Waals surface area contributed by atoms with Gasteiger partial charge in [-0.05, 0) is 6.42 Å². The fraction of sp³-hybridized carbons (Fsp3) is 1.00. The van der Waals surface area contributed by atoms with Gasteiger partial charge in [-0.25, -0.2) is 0 Å². The molecule has 6 heteroatoms. The number of hydrogen-bond donors (Lipinski definition) is 3. The number of aliphatic hydroxyl groups excluding tert-OH is 2. The van der Waals surface area contributed by atoms with Crippen molar-refractivity contribution >= 4 is 0 Å². The molecule has 0 aliphatic rings. The highest BCUT2D eigenvalue weighted by atomic mass is 16.5. The Balaban J connectivity index is 3.56. The quantitative estimate of drug-likeness (QED) is 0.350. The van der Waals surface area contributed by atoms with Crippen LogP contribution in [0.2, 0.25) is 0 Å². The van der Waals surface area contributed by atoms with Crippen molar-refractivity contribution in [3.8, 4) is 0 Å². The molecular weight excluding hydrogens is 214 g/mol. The van der Waals surface area contributed by atoms with Crippen molar-refractivity contribution in [3.63, 3.8) is 0 Å². The molecule has 0 spiro atoms. The average molecular weight is 237 g/mol. The van der Waals surface area contributed by atoms with Crippen molar-refractivity contribution in [2.45, 2.75) is 25.6 Å². The van der Waals surface area contributed by atoms with Crippen LogP contribution >= 0.6 is 0 Å². The normalized spacial score (nSPS) is 15.4. The third-order valence-corrected chi connectivity index (χ3v) is 1.86. The Labute approximate surface area is 96.3 Å². The molecule has 0 aliphatic heterocycles. The maximum Gasteiger partial charge on any atom is 0.0923 e. The van der Waals surface area contributed by atoms with Crippen LogP contribution in [0.3, 0.4) is 0 Å². The second-order valence-corrected chi connectivity index (χ2v) is 3.71. The summed E-state index contributed by atoms with van der Waals surface area (Å²) >= 11 is 0. The first kappa shape index (κ1) is 15.8. The van der Waals surface area contributed by atoms with Crippen molar-refractivity contribution in [2.75, 3.05) is 40.0 Å². The lowest BCUT2D eigenvalue weighted by Crippen LogP contribution is -2.38. The Morgan fingerprint density at radius 1 is 1.12 bits per heavy atom. The van der Waals surface area contributed by atoms with Crippen LogP contribution in [-0.2, 0) is 9.47 Å². The topological polar surface area (TPSA) is 82.4 Å². The molecule has 0 radical (unpaired) electrons. The maximum atomic E-state index is 9.45. The largest absolute Gasteiger partial charge is 0.389 e. The molecule has 98 valence electrons. The Hall–Kier alpha value is -0.240. The molecule has 0 aromatic rings. The van der Waals surface area contributed by atoms with Gasteiger partial charge in [0.25, 0.3) is 0 Å². The lowest BCUT2D eigenvalue weighted by Gasteiger charge is -2.21. The lowest BCUT2D eigenvalue weighted by molar-refractivity contribution is -0.143. The van der Waals surface area contributed by atoms with Gasteiger partial charge in [0, 0.05) is 13.7 Å². The van der Waals surface area contributed by atoms with Crippen LogP contribution in [0, 0.1) is 0 Å². The van der Waals surface area contributed by atoms with E-state index < -0.39 is 12.2 Å². The highest BCUT2D eigenvalue weighted by Crippen LogP contribution is 1.94. The first-order valence-corrected chi connectivity index (χ1v) is 5.46. The number of aliphatic hydroxyl groups is 2. The average Bonchev–Trinajstić information content (AvgIpc) is 2.17. The smallest absolute Gasteiger partial charge is 0.0923 e. The van der Waals surface area contributed by atoms with Gasteiger partial charge in [-0.15, -0.1) is 0 Å². The third-order valence-electron chi connectivity index (χ3n) is 1.86.